The van der Waals surface area contributed by atoms with Crippen LogP contribution in [0.3, 0.4) is 0 Å². The van der Waals surface area contributed by atoms with Crippen LogP contribution in [0.15, 0.2) is 24.3 Å². The molecular weight excluding hydrogens is 338 g/mol. The van der Waals surface area contributed by atoms with Gasteiger partial charge in [-0.3, -0.25) is 14.4 Å². The highest BCUT2D eigenvalue weighted by atomic mass is 16.5. The number of carbonyl (C=O) groups is 3. The summed E-state index contributed by atoms with van der Waals surface area (Å²) in [5, 5.41) is 12.9. The van der Waals surface area contributed by atoms with E-state index in [0.717, 1.165) is 0 Å². The minimum Gasteiger partial charge on any atom is -0.497 e. The van der Waals surface area contributed by atoms with Gasteiger partial charge in [0.1, 0.15) is 17.8 Å². The topological polar surface area (TPSA) is 99.2 Å². The first-order chi connectivity index (χ1) is 12.5. The van der Waals surface area contributed by atoms with Crippen LogP contribution in [0.25, 0.3) is 0 Å². The maximum atomic E-state index is 12.8. The van der Waals surface area contributed by atoms with Crippen molar-refractivity contribution in [2.24, 2.45) is 0 Å². The Kier molecular flexibility index (Phi) is 4.07. The van der Waals surface area contributed by atoms with E-state index in [1.165, 1.54) is 9.80 Å². The Morgan fingerprint density at radius 3 is 2.38 bits per heavy atom. The van der Waals surface area contributed by atoms with Crippen molar-refractivity contribution >= 4 is 17.7 Å². The average molecular weight is 359 g/mol. The smallest absolute Gasteiger partial charge is 0.251 e. The number of benzene rings is 1. The first-order valence-electron chi connectivity index (χ1n) is 8.75. The minimum absolute atomic E-state index is 0.191. The van der Waals surface area contributed by atoms with Crippen molar-refractivity contribution in [3.05, 3.63) is 29.8 Å². The molecule has 0 spiro atoms. The summed E-state index contributed by atoms with van der Waals surface area (Å²) in [5.74, 6) is -0.0481. The van der Waals surface area contributed by atoms with Gasteiger partial charge in [0.25, 0.3) is 5.91 Å². The van der Waals surface area contributed by atoms with Crippen LogP contribution in [0, 0.1) is 0 Å². The maximum absolute atomic E-state index is 12.8. The molecule has 1 aromatic rings. The second-order valence-electron chi connectivity index (χ2n) is 6.91. The van der Waals surface area contributed by atoms with Gasteiger partial charge in [-0.05, 0) is 37.1 Å². The number of methoxy groups -OCH3 is 1. The van der Waals surface area contributed by atoms with Crippen molar-refractivity contribution < 1.29 is 24.2 Å². The Morgan fingerprint density at radius 1 is 1.08 bits per heavy atom. The van der Waals surface area contributed by atoms with Gasteiger partial charge in [0.2, 0.25) is 11.8 Å². The highest BCUT2D eigenvalue weighted by molar-refractivity contribution is 6.00. The molecule has 0 saturated carbocycles. The summed E-state index contributed by atoms with van der Waals surface area (Å²) < 4.78 is 5.08. The molecule has 1 aromatic carbocycles. The molecule has 2 N–H and O–H groups in total. The Hall–Kier alpha value is -2.61. The Balaban J connectivity index is 1.51. The lowest BCUT2D eigenvalue weighted by atomic mass is 10.0. The van der Waals surface area contributed by atoms with E-state index in [0.29, 0.717) is 37.2 Å². The average Bonchev–Trinajstić information content (AvgIpc) is 3.24. The van der Waals surface area contributed by atoms with Crippen molar-refractivity contribution in [3.63, 3.8) is 0 Å². The van der Waals surface area contributed by atoms with E-state index in [1.54, 1.807) is 31.4 Å². The van der Waals surface area contributed by atoms with E-state index in [2.05, 4.69) is 5.32 Å². The molecule has 8 heteroatoms. The van der Waals surface area contributed by atoms with Crippen molar-refractivity contribution in [1.29, 1.82) is 0 Å². The Labute approximate surface area is 150 Å². The molecule has 26 heavy (non-hydrogen) atoms. The van der Waals surface area contributed by atoms with E-state index in [9.17, 15) is 19.5 Å². The quantitative estimate of drug-likeness (QED) is 0.749. The third kappa shape index (κ3) is 2.52. The molecule has 3 amide bonds. The third-order valence-corrected chi connectivity index (χ3v) is 5.50. The summed E-state index contributed by atoms with van der Waals surface area (Å²) in [5.41, 5.74) is 0.466. The van der Waals surface area contributed by atoms with Gasteiger partial charge in [-0.1, -0.05) is 0 Å². The second-order valence-corrected chi connectivity index (χ2v) is 6.91. The molecule has 0 aliphatic carbocycles. The zero-order chi connectivity index (χ0) is 18.4. The van der Waals surface area contributed by atoms with Gasteiger partial charge in [0.15, 0.2) is 0 Å². The van der Waals surface area contributed by atoms with Crippen LogP contribution < -0.4 is 10.1 Å². The van der Waals surface area contributed by atoms with Crippen LogP contribution >= 0.6 is 0 Å². The highest BCUT2D eigenvalue weighted by Crippen LogP contribution is 2.32. The first kappa shape index (κ1) is 16.8. The number of amides is 3. The fraction of sp³-hybridized carbons (Fsp3) is 0.500. The van der Waals surface area contributed by atoms with Crippen LogP contribution in [-0.4, -0.2) is 77.1 Å². The maximum Gasteiger partial charge on any atom is 0.251 e. The van der Waals surface area contributed by atoms with Crippen molar-refractivity contribution in [1.82, 2.24) is 15.1 Å². The number of carbonyl (C=O) groups excluding carboxylic acids is 3. The molecule has 8 nitrogen and oxygen atoms in total. The monoisotopic (exact) mass is 359 g/mol. The molecule has 3 fully saturated rings. The molecule has 3 saturated heterocycles. The van der Waals surface area contributed by atoms with E-state index in [1.807, 2.05) is 0 Å². The van der Waals surface area contributed by atoms with Gasteiger partial charge in [-0.25, -0.2) is 0 Å². The lowest BCUT2D eigenvalue weighted by Crippen LogP contribution is -2.66. The predicted octanol–water partition coefficient (Wildman–Crippen LogP) is -0.630. The predicted molar refractivity (Wildman–Crippen MR) is 90.5 cm³/mol. The second kappa shape index (κ2) is 6.28. The number of hydrogen-bond acceptors (Lipinski definition) is 5. The molecule has 0 unspecified atom stereocenters. The fourth-order valence-corrected chi connectivity index (χ4v) is 4.15. The molecule has 0 aromatic heterocycles. The van der Waals surface area contributed by atoms with Crippen LogP contribution in [0.4, 0.5) is 0 Å². The van der Waals surface area contributed by atoms with Gasteiger partial charge in [0, 0.05) is 18.7 Å². The number of aliphatic hydroxyl groups excluding tert-OH is 1. The molecular formula is C18H21N3O5. The minimum atomic E-state index is -0.805. The zero-order valence-electron chi connectivity index (χ0n) is 14.4. The molecule has 4 atom stereocenters. The van der Waals surface area contributed by atoms with E-state index < -0.39 is 24.2 Å². The largest absolute Gasteiger partial charge is 0.497 e. The third-order valence-electron chi connectivity index (χ3n) is 5.50. The van der Waals surface area contributed by atoms with Crippen LogP contribution in [0.5, 0.6) is 5.75 Å². The van der Waals surface area contributed by atoms with Gasteiger partial charge in [-0.2, -0.15) is 0 Å². The number of nitrogens with zero attached hydrogens (tertiary/aromatic N) is 2. The molecule has 3 heterocycles. The standard InChI is InChI=1S/C18H21N3O5/c1-26-11-4-2-10(3-5-11)16(23)19-12-6-8-20-14(12)17(24)21-9-7-13(22)15(21)18(20)25/h2-5,12-15,22H,6-9H2,1H3,(H,19,23)/t12-,13+,14-,15-/m0/s1. The Bertz CT molecular complexity index is 750. The molecule has 4 rings (SSSR count). The first-order valence-corrected chi connectivity index (χ1v) is 8.75. The molecule has 0 bridgehead atoms. The normalized spacial score (nSPS) is 30.2. The summed E-state index contributed by atoms with van der Waals surface area (Å²) in [7, 11) is 1.55. The van der Waals surface area contributed by atoms with E-state index in [4.69, 9.17) is 4.74 Å². The van der Waals surface area contributed by atoms with Crippen molar-refractivity contribution in [2.45, 2.75) is 37.1 Å². The number of ether oxygens (including phenoxy) is 1. The van der Waals surface area contributed by atoms with Crippen LogP contribution in [0.1, 0.15) is 23.2 Å². The summed E-state index contributed by atoms with van der Waals surface area (Å²) in [6, 6.07) is 4.81. The number of hydrogen-bond donors (Lipinski definition) is 2. The van der Waals surface area contributed by atoms with E-state index in [-0.39, 0.29) is 17.7 Å². The molecule has 138 valence electrons. The SMILES string of the molecule is COc1ccc(C(=O)N[C@H]2CCN3C(=O)[C@@H]4[C@H](O)CCN4C(=O)[C@H]23)cc1. The van der Waals surface area contributed by atoms with Gasteiger partial charge in [-0.15, -0.1) is 0 Å². The van der Waals surface area contributed by atoms with Gasteiger partial charge >= 0.3 is 0 Å². The van der Waals surface area contributed by atoms with Crippen LogP contribution in [-0.2, 0) is 9.59 Å². The zero-order valence-corrected chi connectivity index (χ0v) is 14.4. The van der Waals surface area contributed by atoms with E-state index >= 15 is 0 Å². The molecule has 3 aliphatic heterocycles. The summed E-state index contributed by atoms with van der Waals surface area (Å²) in [6.07, 6.45) is 0.118. The van der Waals surface area contributed by atoms with Crippen molar-refractivity contribution in [2.75, 3.05) is 20.2 Å². The van der Waals surface area contributed by atoms with Crippen molar-refractivity contribution in [3.8, 4) is 5.75 Å². The Morgan fingerprint density at radius 2 is 1.69 bits per heavy atom. The van der Waals surface area contributed by atoms with Crippen LogP contribution in [0.2, 0.25) is 0 Å². The summed E-state index contributed by atoms with van der Waals surface area (Å²) >= 11 is 0. The number of piperazine rings is 1. The number of fused-ring (bicyclic) bond motifs is 2. The molecule has 3 aliphatic rings. The van der Waals surface area contributed by atoms with Gasteiger partial charge in [0.05, 0.1) is 19.3 Å². The number of aliphatic hydroxyl groups is 1. The summed E-state index contributed by atoms with van der Waals surface area (Å²) in [6.45, 7) is 0.778. The molecule has 0 radical (unpaired) electrons. The number of rotatable bonds is 3. The summed E-state index contributed by atoms with van der Waals surface area (Å²) in [4.78, 5) is 41.0. The fourth-order valence-electron chi connectivity index (χ4n) is 4.15. The van der Waals surface area contributed by atoms with Gasteiger partial charge < -0.3 is 25.0 Å². The lowest BCUT2D eigenvalue weighted by molar-refractivity contribution is -0.160. The highest BCUT2D eigenvalue weighted by Gasteiger charge is 2.56. The number of nitrogens with one attached hydrogen (secondary N) is 1. The lowest BCUT2D eigenvalue weighted by Gasteiger charge is -2.40.